The molecule has 1 aromatic rings. The highest BCUT2D eigenvalue weighted by Crippen LogP contribution is 2.10. The zero-order valence-corrected chi connectivity index (χ0v) is 8.63. The SMILES string of the molecule is CC#CCNCc1ccc(OC)cc1. The van der Waals surface area contributed by atoms with Crippen LogP contribution in [-0.2, 0) is 6.54 Å². The lowest BCUT2D eigenvalue weighted by atomic mass is 10.2. The zero-order chi connectivity index (χ0) is 10.2. The van der Waals surface area contributed by atoms with Gasteiger partial charge in [-0.2, -0.15) is 0 Å². The lowest BCUT2D eigenvalue weighted by Crippen LogP contribution is -2.12. The number of hydrogen-bond acceptors (Lipinski definition) is 2. The highest BCUT2D eigenvalue weighted by atomic mass is 16.5. The summed E-state index contributed by atoms with van der Waals surface area (Å²) >= 11 is 0. The molecule has 0 unspecified atom stereocenters. The van der Waals surface area contributed by atoms with Crippen LogP contribution >= 0.6 is 0 Å². The van der Waals surface area contributed by atoms with E-state index >= 15 is 0 Å². The second-order valence-corrected chi connectivity index (χ2v) is 2.88. The summed E-state index contributed by atoms with van der Waals surface area (Å²) in [5, 5.41) is 3.23. The Balaban J connectivity index is 2.38. The smallest absolute Gasteiger partial charge is 0.118 e. The highest BCUT2D eigenvalue weighted by molar-refractivity contribution is 5.27. The number of methoxy groups -OCH3 is 1. The number of benzene rings is 1. The molecule has 1 N–H and O–H groups in total. The Labute approximate surface area is 85.3 Å². The van der Waals surface area contributed by atoms with E-state index in [1.54, 1.807) is 7.11 Å². The highest BCUT2D eigenvalue weighted by Gasteiger charge is 1.92. The fraction of sp³-hybridized carbons (Fsp3) is 0.333. The summed E-state index contributed by atoms with van der Waals surface area (Å²) in [5.41, 5.74) is 1.24. The lowest BCUT2D eigenvalue weighted by Gasteiger charge is -2.03. The summed E-state index contributed by atoms with van der Waals surface area (Å²) in [5.74, 6) is 6.69. The fourth-order valence-corrected chi connectivity index (χ4v) is 1.10. The van der Waals surface area contributed by atoms with Crippen molar-refractivity contribution in [2.75, 3.05) is 13.7 Å². The molecule has 0 heterocycles. The van der Waals surface area contributed by atoms with E-state index < -0.39 is 0 Å². The number of ether oxygens (including phenoxy) is 1. The standard InChI is InChI=1S/C12H15NO/c1-3-4-9-13-10-11-5-7-12(14-2)8-6-11/h5-8,13H,9-10H2,1-2H3. The van der Waals surface area contributed by atoms with Gasteiger partial charge >= 0.3 is 0 Å². The molecular weight excluding hydrogens is 174 g/mol. The predicted octanol–water partition coefficient (Wildman–Crippen LogP) is 1.81. The van der Waals surface area contributed by atoms with Gasteiger partial charge in [-0.05, 0) is 24.6 Å². The Morgan fingerprint density at radius 3 is 2.57 bits per heavy atom. The van der Waals surface area contributed by atoms with Crippen molar-refractivity contribution in [3.63, 3.8) is 0 Å². The topological polar surface area (TPSA) is 21.3 Å². The molecule has 0 saturated heterocycles. The third kappa shape index (κ3) is 3.51. The van der Waals surface area contributed by atoms with Crippen LogP contribution in [0.2, 0.25) is 0 Å². The van der Waals surface area contributed by atoms with E-state index in [4.69, 9.17) is 4.74 Å². The van der Waals surface area contributed by atoms with Gasteiger partial charge in [-0.3, -0.25) is 0 Å². The maximum atomic E-state index is 5.07. The molecule has 0 spiro atoms. The Bertz CT molecular complexity index is 318. The molecule has 1 aromatic carbocycles. The molecule has 0 amide bonds. The lowest BCUT2D eigenvalue weighted by molar-refractivity contribution is 0.414. The van der Waals surface area contributed by atoms with Crippen molar-refractivity contribution in [2.45, 2.75) is 13.5 Å². The van der Waals surface area contributed by atoms with Crippen molar-refractivity contribution < 1.29 is 4.74 Å². The molecule has 2 nitrogen and oxygen atoms in total. The average Bonchev–Trinajstić information content (AvgIpc) is 2.25. The fourth-order valence-electron chi connectivity index (χ4n) is 1.10. The van der Waals surface area contributed by atoms with Crippen molar-refractivity contribution in [3.05, 3.63) is 29.8 Å². The molecule has 0 aliphatic heterocycles. The van der Waals surface area contributed by atoms with Gasteiger partial charge in [0.25, 0.3) is 0 Å². The van der Waals surface area contributed by atoms with Gasteiger partial charge in [-0.25, -0.2) is 0 Å². The minimum atomic E-state index is 0.739. The molecule has 0 radical (unpaired) electrons. The molecule has 0 fully saturated rings. The Morgan fingerprint density at radius 2 is 2.00 bits per heavy atom. The van der Waals surface area contributed by atoms with Crippen molar-refractivity contribution in [1.29, 1.82) is 0 Å². The van der Waals surface area contributed by atoms with Crippen LogP contribution in [-0.4, -0.2) is 13.7 Å². The predicted molar refractivity (Wildman–Crippen MR) is 58.2 cm³/mol. The first-order valence-corrected chi connectivity index (χ1v) is 4.60. The zero-order valence-electron chi connectivity index (χ0n) is 8.63. The molecule has 14 heavy (non-hydrogen) atoms. The molecule has 0 aliphatic rings. The van der Waals surface area contributed by atoms with Crippen LogP contribution in [0.1, 0.15) is 12.5 Å². The van der Waals surface area contributed by atoms with Crippen LogP contribution in [0.5, 0.6) is 5.75 Å². The third-order valence-electron chi connectivity index (χ3n) is 1.88. The summed E-state index contributed by atoms with van der Waals surface area (Å²) in [4.78, 5) is 0. The molecule has 0 atom stereocenters. The van der Waals surface area contributed by atoms with Gasteiger partial charge in [-0.1, -0.05) is 18.1 Å². The van der Waals surface area contributed by atoms with Crippen LogP contribution in [0.25, 0.3) is 0 Å². The van der Waals surface area contributed by atoms with Gasteiger partial charge in [0.05, 0.1) is 13.7 Å². The largest absolute Gasteiger partial charge is 0.497 e. The molecule has 0 aliphatic carbocycles. The monoisotopic (exact) mass is 189 g/mol. The molecule has 74 valence electrons. The summed E-state index contributed by atoms with van der Waals surface area (Å²) in [6.45, 7) is 3.43. The molecule has 1 rings (SSSR count). The Hall–Kier alpha value is -1.46. The summed E-state index contributed by atoms with van der Waals surface area (Å²) in [7, 11) is 1.67. The second kappa shape index (κ2) is 6.06. The first-order valence-electron chi connectivity index (χ1n) is 4.60. The Morgan fingerprint density at radius 1 is 1.29 bits per heavy atom. The van der Waals surface area contributed by atoms with Gasteiger partial charge in [0.2, 0.25) is 0 Å². The van der Waals surface area contributed by atoms with Crippen LogP contribution in [0.4, 0.5) is 0 Å². The van der Waals surface area contributed by atoms with Crippen LogP contribution in [0, 0.1) is 11.8 Å². The minimum absolute atomic E-state index is 0.739. The van der Waals surface area contributed by atoms with E-state index in [2.05, 4.69) is 17.2 Å². The molecular formula is C12H15NO. The molecule has 0 saturated carbocycles. The van der Waals surface area contributed by atoms with Crippen molar-refractivity contribution in [3.8, 4) is 17.6 Å². The summed E-state index contributed by atoms with van der Waals surface area (Å²) < 4.78 is 5.07. The van der Waals surface area contributed by atoms with E-state index in [0.29, 0.717) is 0 Å². The summed E-state index contributed by atoms with van der Waals surface area (Å²) in [6.07, 6.45) is 0. The number of hydrogen-bond donors (Lipinski definition) is 1. The van der Waals surface area contributed by atoms with E-state index in [1.807, 2.05) is 31.2 Å². The first-order chi connectivity index (χ1) is 6.86. The molecule has 0 aromatic heterocycles. The van der Waals surface area contributed by atoms with Gasteiger partial charge in [0.1, 0.15) is 5.75 Å². The van der Waals surface area contributed by atoms with Crippen molar-refractivity contribution in [2.24, 2.45) is 0 Å². The Kier molecular flexibility index (Phi) is 4.60. The normalized spacial score (nSPS) is 9.00. The number of nitrogens with one attached hydrogen (secondary N) is 1. The van der Waals surface area contributed by atoms with E-state index in [0.717, 1.165) is 18.8 Å². The van der Waals surface area contributed by atoms with Crippen LogP contribution in [0.15, 0.2) is 24.3 Å². The first kappa shape index (κ1) is 10.6. The van der Waals surface area contributed by atoms with Crippen LogP contribution < -0.4 is 10.1 Å². The molecule has 2 heteroatoms. The molecule has 0 bridgehead atoms. The van der Waals surface area contributed by atoms with Gasteiger partial charge < -0.3 is 10.1 Å². The maximum absolute atomic E-state index is 5.07. The van der Waals surface area contributed by atoms with Gasteiger partial charge in [-0.15, -0.1) is 5.92 Å². The maximum Gasteiger partial charge on any atom is 0.118 e. The van der Waals surface area contributed by atoms with Gasteiger partial charge in [0, 0.05) is 6.54 Å². The van der Waals surface area contributed by atoms with Crippen LogP contribution in [0.3, 0.4) is 0 Å². The van der Waals surface area contributed by atoms with E-state index in [-0.39, 0.29) is 0 Å². The minimum Gasteiger partial charge on any atom is -0.497 e. The quantitative estimate of drug-likeness (QED) is 0.576. The number of rotatable bonds is 4. The van der Waals surface area contributed by atoms with Crippen molar-refractivity contribution >= 4 is 0 Å². The van der Waals surface area contributed by atoms with E-state index in [1.165, 1.54) is 5.56 Å². The van der Waals surface area contributed by atoms with Crippen molar-refractivity contribution in [1.82, 2.24) is 5.32 Å². The average molecular weight is 189 g/mol. The second-order valence-electron chi connectivity index (χ2n) is 2.88. The summed E-state index contributed by atoms with van der Waals surface area (Å²) in [6, 6.07) is 8.02. The third-order valence-corrected chi connectivity index (χ3v) is 1.88. The van der Waals surface area contributed by atoms with E-state index in [9.17, 15) is 0 Å². The van der Waals surface area contributed by atoms with Gasteiger partial charge in [0.15, 0.2) is 0 Å².